The highest BCUT2D eigenvalue weighted by Crippen LogP contribution is 2.61. The molecule has 0 spiro atoms. The standard InChI is InChI=1S/C15H21NO2/c17-12-4-13(16-14(18)5-12)15-6-9-1-10(7-15)3-11(2-9)8-15/h9-11,13H,1-8H2,(H,16,18)/t9?,10?,11?,13-,15?/m1/s1. The molecule has 4 saturated carbocycles. The minimum atomic E-state index is -0.0352. The van der Waals surface area contributed by atoms with Crippen LogP contribution in [0.25, 0.3) is 0 Å². The van der Waals surface area contributed by atoms with Gasteiger partial charge in [0.1, 0.15) is 5.78 Å². The maximum absolute atomic E-state index is 11.7. The van der Waals surface area contributed by atoms with E-state index in [4.69, 9.17) is 0 Å². The summed E-state index contributed by atoms with van der Waals surface area (Å²) in [5.41, 5.74) is 0.278. The molecule has 1 aliphatic heterocycles. The van der Waals surface area contributed by atoms with Gasteiger partial charge in [0.25, 0.3) is 0 Å². The van der Waals surface area contributed by atoms with Crippen LogP contribution in [0.2, 0.25) is 0 Å². The first-order valence-corrected chi connectivity index (χ1v) is 7.44. The summed E-state index contributed by atoms with van der Waals surface area (Å²) in [5.74, 6) is 2.76. The van der Waals surface area contributed by atoms with E-state index in [9.17, 15) is 9.59 Å². The van der Waals surface area contributed by atoms with E-state index in [0.29, 0.717) is 6.42 Å². The van der Waals surface area contributed by atoms with E-state index in [2.05, 4.69) is 5.32 Å². The van der Waals surface area contributed by atoms with E-state index >= 15 is 0 Å². The Morgan fingerprint density at radius 2 is 1.50 bits per heavy atom. The Morgan fingerprint density at radius 3 is 2.00 bits per heavy atom. The molecule has 1 saturated heterocycles. The average molecular weight is 247 g/mol. The molecule has 0 aromatic rings. The average Bonchev–Trinajstić information content (AvgIpc) is 2.25. The molecule has 1 heterocycles. The van der Waals surface area contributed by atoms with Gasteiger partial charge in [0.15, 0.2) is 0 Å². The fourth-order valence-electron chi connectivity index (χ4n) is 5.75. The number of amides is 1. The predicted octanol–water partition coefficient (Wildman–Crippen LogP) is 2.05. The van der Waals surface area contributed by atoms with Gasteiger partial charge >= 0.3 is 0 Å². The molecule has 0 aromatic heterocycles. The third-order valence-corrected chi connectivity index (χ3v) is 5.95. The van der Waals surface area contributed by atoms with Gasteiger partial charge in [-0.05, 0) is 61.7 Å². The van der Waals surface area contributed by atoms with Crippen molar-refractivity contribution in [2.24, 2.45) is 23.2 Å². The van der Waals surface area contributed by atoms with Crippen LogP contribution in [0.4, 0.5) is 0 Å². The zero-order chi connectivity index (χ0) is 12.3. The van der Waals surface area contributed by atoms with Crippen molar-refractivity contribution in [3.05, 3.63) is 0 Å². The summed E-state index contributed by atoms with van der Waals surface area (Å²) in [6.07, 6.45) is 8.72. The maximum Gasteiger partial charge on any atom is 0.227 e. The van der Waals surface area contributed by atoms with Crippen LogP contribution in [0.15, 0.2) is 0 Å². The Morgan fingerprint density at radius 1 is 0.944 bits per heavy atom. The van der Waals surface area contributed by atoms with Gasteiger partial charge in [-0.1, -0.05) is 0 Å². The van der Waals surface area contributed by atoms with E-state index in [1.807, 2.05) is 0 Å². The Bertz CT molecular complexity index is 363. The quantitative estimate of drug-likeness (QED) is 0.721. The molecule has 5 aliphatic rings. The van der Waals surface area contributed by atoms with Crippen molar-refractivity contribution in [2.45, 2.75) is 57.4 Å². The van der Waals surface area contributed by atoms with E-state index < -0.39 is 0 Å². The Hall–Kier alpha value is -0.860. The lowest BCUT2D eigenvalue weighted by molar-refractivity contribution is -0.139. The highest BCUT2D eigenvalue weighted by molar-refractivity contribution is 6.00. The monoisotopic (exact) mass is 247 g/mol. The SMILES string of the molecule is O=C1CC(=O)N[C@@H](C23CC4CC(CC(C4)C2)C3)C1. The molecular weight excluding hydrogens is 226 g/mol. The predicted molar refractivity (Wildman–Crippen MR) is 66.8 cm³/mol. The summed E-state index contributed by atoms with van der Waals surface area (Å²) < 4.78 is 0. The number of rotatable bonds is 1. The first-order valence-electron chi connectivity index (χ1n) is 7.44. The second-order valence-corrected chi connectivity index (χ2v) is 7.32. The molecule has 4 bridgehead atoms. The van der Waals surface area contributed by atoms with Crippen LogP contribution < -0.4 is 5.32 Å². The fourth-order valence-corrected chi connectivity index (χ4v) is 5.75. The molecule has 1 atom stereocenters. The van der Waals surface area contributed by atoms with Crippen molar-refractivity contribution in [3.63, 3.8) is 0 Å². The minimum Gasteiger partial charge on any atom is -0.352 e. The van der Waals surface area contributed by atoms with Crippen molar-refractivity contribution < 1.29 is 9.59 Å². The smallest absolute Gasteiger partial charge is 0.227 e. The largest absolute Gasteiger partial charge is 0.352 e. The topological polar surface area (TPSA) is 46.2 Å². The summed E-state index contributed by atoms with van der Waals surface area (Å²) in [5, 5.41) is 3.14. The molecule has 3 heteroatoms. The van der Waals surface area contributed by atoms with Crippen molar-refractivity contribution in [2.75, 3.05) is 0 Å². The van der Waals surface area contributed by atoms with Gasteiger partial charge in [-0.25, -0.2) is 0 Å². The third-order valence-electron chi connectivity index (χ3n) is 5.95. The van der Waals surface area contributed by atoms with E-state index in [1.165, 1.54) is 38.5 Å². The molecule has 5 fully saturated rings. The van der Waals surface area contributed by atoms with E-state index in [-0.39, 0.29) is 29.6 Å². The Balaban J connectivity index is 1.63. The first-order chi connectivity index (χ1) is 8.63. The van der Waals surface area contributed by atoms with Crippen molar-refractivity contribution in [3.8, 4) is 0 Å². The number of piperidine rings is 1. The molecule has 5 rings (SSSR count). The number of ketones is 1. The van der Waals surface area contributed by atoms with Crippen LogP contribution in [-0.4, -0.2) is 17.7 Å². The Labute approximate surface area is 108 Å². The number of hydrogen-bond acceptors (Lipinski definition) is 2. The maximum atomic E-state index is 11.7. The number of nitrogens with one attached hydrogen (secondary N) is 1. The van der Waals surface area contributed by atoms with Gasteiger partial charge in [-0.3, -0.25) is 9.59 Å². The van der Waals surface area contributed by atoms with E-state index in [0.717, 1.165) is 17.8 Å². The zero-order valence-electron chi connectivity index (χ0n) is 10.8. The lowest BCUT2D eigenvalue weighted by atomic mass is 9.47. The minimum absolute atomic E-state index is 0.0352. The van der Waals surface area contributed by atoms with Gasteiger partial charge in [-0.15, -0.1) is 0 Å². The second-order valence-electron chi connectivity index (χ2n) is 7.32. The normalized spacial score (nSPS) is 50.4. The fraction of sp³-hybridized carbons (Fsp3) is 0.867. The number of carbonyl (C=O) groups is 2. The highest BCUT2D eigenvalue weighted by atomic mass is 16.2. The van der Waals surface area contributed by atoms with Crippen molar-refractivity contribution in [1.82, 2.24) is 5.32 Å². The second kappa shape index (κ2) is 3.58. The molecule has 98 valence electrons. The molecule has 0 aromatic carbocycles. The van der Waals surface area contributed by atoms with Crippen molar-refractivity contribution >= 4 is 11.7 Å². The number of carbonyl (C=O) groups excluding carboxylic acids is 2. The van der Waals surface area contributed by atoms with Gasteiger partial charge in [0.2, 0.25) is 5.91 Å². The van der Waals surface area contributed by atoms with Gasteiger partial charge in [0.05, 0.1) is 6.42 Å². The molecule has 1 amide bonds. The van der Waals surface area contributed by atoms with Crippen LogP contribution in [0, 0.1) is 23.2 Å². The van der Waals surface area contributed by atoms with Gasteiger partial charge < -0.3 is 5.32 Å². The third kappa shape index (κ3) is 1.55. The van der Waals surface area contributed by atoms with Crippen molar-refractivity contribution in [1.29, 1.82) is 0 Å². The number of Topliss-reactive ketones (excluding diaryl/α,β-unsaturated/α-hetero) is 1. The van der Waals surface area contributed by atoms with Crippen LogP contribution in [0.5, 0.6) is 0 Å². The van der Waals surface area contributed by atoms with Crippen LogP contribution in [-0.2, 0) is 9.59 Å². The first kappa shape index (κ1) is 11.0. The van der Waals surface area contributed by atoms with Crippen LogP contribution in [0.1, 0.15) is 51.4 Å². The molecule has 1 N–H and O–H groups in total. The summed E-state index contributed by atoms with van der Waals surface area (Å²) >= 11 is 0. The zero-order valence-corrected chi connectivity index (χ0v) is 10.8. The van der Waals surface area contributed by atoms with Gasteiger partial charge in [0, 0.05) is 12.5 Å². The van der Waals surface area contributed by atoms with Gasteiger partial charge in [-0.2, -0.15) is 0 Å². The summed E-state index contributed by atoms with van der Waals surface area (Å²) in [7, 11) is 0. The summed E-state index contributed by atoms with van der Waals surface area (Å²) in [6, 6.07) is 0.152. The number of hydrogen-bond donors (Lipinski definition) is 1. The molecule has 18 heavy (non-hydrogen) atoms. The molecule has 0 radical (unpaired) electrons. The molecule has 0 unspecified atom stereocenters. The summed E-state index contributed by atoms with van der Waals surface area (Å²) in [4.78, 5) is 23.4. The lowest BCUT2D eigenvalue weighted by Gasteiger charge is -2.59. The van der Waals surface area contributed by atoms with Crippen LogP contribution in [0.3, 0.4) is 0 Å². The Kier molecular flexibility index (Phi) is 2.19. The highest BCUT2D eigenvalue weighted by Gasteiger charge is 2.55. The van der Waals surface area contributed by atoms with E-state index in [1.54, 1.807) is 0 Å². The molecular formula is C15H21NO2. The molecule has 3 nitrogen and oxygen atoms in total. The van der Waals surface area contributed by atoms with Crippen LogP contribution >= 0.6 is 0 Å². The summed E-state index contributed by atoms with van der Waals surface area (Å²) in [6.45, 7) is 0. The molecule has 4 aliphatic carbocycles. The lowest BCUT2D eigenvalue weighted by Crippen LogP contribution is -2.59.